The summed E-state index contributed by atoms with van der Waals surface area (Å²) in [5.41, 5.74) is 2.43. The number of hydrogen-bond donors (Lipinski definition) is 1. The van der Waals surface area contributed by atoms with Crippen molar-refractivity contribution < 1.29 is 14.3 Å². The van der Waals surface area contributed by atoms with Gasteiger partial charge < -0.3 is 15.0 Å². The molecule has 2 amide bonds. The van der Waals surface area contributed by atoms with E-state index in [1.165, 1.54) is 11.1 Å². The number of aryl methyl sites for hydroxylation is 1. The Morgan fingerprint density at radius 2 is 1.82 bits per heavy atom. The number of hydrogen-bond acceptors (Lipinski definition) is 5. The molecule has 1 saturated heterocycles. The van der Waals surface area contributed by atoms with Gasteiger partial charge in [0.15, 0.2) is 0 Å². The Morgan fingerprint density at radius 1 is 1.14 bits per heavy atom. The van der Waals surface area contributed by atoms with Crippen molar-refractivity contribution in [3.8, 4) is 5.75 Å². The summed E-state index contributed by atoms with van der Waals surface area (Å²) in [4.78, 5) is 30.5. The maximum Gasteiger partial charge on any atom is 0.239 e. The van der Waals surface area contributed by atoms with Crippen LogP contribution in [0, 0.1) is 6.92 Å². The van der Waals surface area contributed by atoms with Crippen LogP contribution < -0.4 is 10.1 Å². The number of ether oxygens (including phenoxy) is 1. The van der Waals surface area contributed by atoms with Crippen LogP contribution in [0.5, 0.6) is 5.75 Å². The average Bonchev–Trinajstić information content (AvgIpc) is 2.68. The largest absolute Gasteiger partial charge is 0.496 e. The number of carbonyl (C=O) groups excluding carboxylic acids is 2. The number of nitrogens with zero attached hydrogens (tertiary/aromatic N) is 3. The molecule has 1 aromatic carbocycles. The van der Waals surface area contributed by atoms with Crippen LogP contribution in [0.1, 0.15) is 25.0 Å². The van der Waals surface area contributed by atoms with Crippen molar-refractivity contribution >= 4 is 11.8 Å². The predicted octanol–water partition coefficient (Wildman–Crippen LogP) is 1.11. The summed E-state index contributed by atoms with van der Waals surface area (Å²) in [5, 5.41) is 2.75. The van der Waals surface area contributed by atoms with Crippen molar-refractivity contribution in [3.63, 3.8) is 0 Å². The third kappa shape index (κ3) is 6.49. The van der Waals surface area contributed by atoms with Gasteiger partial charge in [0.1, 0.15) is 5.75 Å². The number of rotatable bonds is 9. The van der Waals surface area contributed by atoms with E-state index in [0.29, 0.717) is 19.6 Å². The Bertz CT molecular complexity index is 657. The third-order valence-electron chi connectivity index (χ3n) is 5.10. The first-order chi connectivity index (χ1) is 13.5. The lowest BCUT2D eigenvalue weighted by atomic mass is 10.1. The standard InChI is InChI=1S/C21H34N4O3/c1-5-22-20(26)15-25(6-2)21(27)16-24-11-9-23(10-12-24)14-18-13-17(3)7-8-19(18)28-4/h7-8,13H,5-6,9-12,14-16H2,1-4H3,(H,22,26). The molecule has 0 atom stereocenters. The normalized spacial score (nSPS) is 15.3. The van der Waals surface area contributed by atoms with Gasteiger partial charge in [-0.2, -0.15) is 0 Å². The van der Waals surface area contributed by atoms with Crippen molar-refractivity contribution in [3.05, 3.63) is 29.3 Å². The van der Waals surface area contributed by atoms with E-state index in [2.05, 4.69) is 34.2 Å². The van der Waals surface area contributed by atoms with Crippen LogP contribution in [-0.2, 0) is 16.1 Å². The minimum absolute atomic E-state index is 0.0163. The minimum atomic E-state index is -0.102. The number of piperazine rings is 1. The molecule has 7 heteroatoms. The van der Waals surface area contributed by atoms with Gasteiger partial charge in [0.25, 0.3) is 0 Å². The fraction of sp³-hybridized carbons (Fsp3) is 0.619. The molecule has 1 aromatic rings. The van der Waals surface area contributed by atoms with E-state index in [1.54, 1.807) is 12.0 Å². The SMILES string of the molecule is CCNC(=O)CN(CC)C(=O)CN1CCN(Cc2cc(C)ccc2OC)CC1. The van der Waals surface area contributed by atoms with Crippen LogP contribution in [0.25, 0.3) is 0 Å². The molecule has 28 heavy (non-hydrogen) atoms. The first-order valence-electron chi connectivity index (χ1n) is 10.1. The summed E-state index contributed by atoms with van der Waals surface area (Å²) in [6, 6.07) is 6.26. The quantitative estimate of drug-likeness (QED) is 0.684. The molecule has 0 aliphatic carbocycles. The zero-order chi connectivity index (χ0) is 20.5. The summed E-state index contributed by atoms with van der Waals surface area (Å²) in [6.45, 7) is 11.9. The third-order valence-corrected chi connectivity index (χ3v) is 5.10. The fourth-order valence-corrected chi connectivity index (χ4v) is 3.47. The van der Waals surface area contributed by atoms with Crippen molar-refractivity contribution in [2.45, 2.75) is 27.3 Å². The Labute approximate surface area is 168 Å². The molecule has 2 rings (SSSR count). The first-order valence-corrected chi connectivity index (χ1v) is 10.1. The summed E-state index contributed by atoms with van der Waals surface area (Å²) < 4.78 is 5.48. The molecular weight excluding hydrogens is 356 g/mol. The lowest BCUT2D eigenvalue weighted by Crippen LogP contribution is -2.50. The van der Waals surface area contributed by atoms with E-state index >= 15 is 0 Å². The van der Waals surface area contributed by atoms with E-state index in [0.717, 1.165) is 38.5 Å². The molecule has 0 bridgehead atoms. The molecule has 1 heterocycles. The molecule has 0 unspecified atom stereocenters. The highest BCUT2D eigenvalue weighted by atomic mass is 16.5. The number of carbonyl (C=O) groups is 2. The van der Waals surface area contributed by atoms with Crippen molar-refractivity contribution in [1.82, 2.24) is 20.0 Å². The molecule has 0 radical (unpaired) electrons. The molecule has 1 aliphatic heterocycles. The molecule has 7 nitrogen and oxygen atoms in total. The van der Waals surface area contributed by atoms with E-state index in [-0.39, 0.29) is 18.4 Å². The highest BCUT2D eigenvalue weighted by Crippen LogP contribution is 2.22. The monoisotopic (exact) mass is 390 g/mol. The van der Waals surface area contributed by atoms with E-state index in [9.17, 15) is 9.59 Å². The molecule has 1 fully saturated rings. The second kappa shape index (κ2) is 11.0. The fourth-order valence-electron chi connectivity index (χ4n) is 3.47. The predicted molar refractivity (Wildman–Crippen MR) is 110 cm³/mol. The average molecular weight is 391 g/mol. The van der Waals surface area contributed by atoms with Crippen molar-refractivity contribution in [1.29, 1.82) is 0 Å². The maximum absolute atomic E-state index is 12.5. The Kier molecular flexibility index (Phi) is 8.73. The van der Waals surface area contributed by atoms with Gasteiger partial charge in [-0.15, -0.1) is 0 Å². The van der Waals surface area contributed by atoms with Gasteiger partial charge in [0, 0.05) is 51.4 Å². The highest BCUT2D eigenvalue weighted by molar-refractivity contribution is 5.85. The van der Waals surface area contributed by atoms with Crippen molar-refractivity contribution in [2.24, 2.45) is 0 Å². The van der Waals surface area contributed by atoms with Crippen LogP contribution in [0.3, 0.4) is 0 Å². The number of nitrogens with one attached hydrogen (secondary N) is 1. The van der Waals surface area contributed by atoms with Crippen LogP contribution in [0.2, 0.25) is 0 Å². The van der Waals surface area contributed by atoms with Crippen LogP contribution in [0.15, 0.2) is 18.2 Å². The molecule has 1 aliphatic rings. The molecule has 0 aromatic heterocycles. The van der Waals surface area contributed by atoms with Gasteiger partial charge in [-0.1, -0.05) is 17.7 Å². The molecule has 0 saturated carbocycles. The second-order valence-corrected chi connectivity index (χ2v) is 7.23. The molecular formula is C21H34N4O3. The van der Waals surface area contributed by atoms with Gasteiger partial charge in [0.05, 0.1) is 20.2 Å². The number of benzene rings is 1. The number of methoxy groups -OCH3 is 1. The van der Waals surface area contributed by atoms with Crippen molar-refractivity contribution in [2.75, 3.05) is 59.5 Å². The van der Waals surface area contributed by atoms with Gasteiger partial charge in [-0.05, 0) is 26.8 Å². The maximum atomic E-state index is 12.5. The van der Waals surface area contributed by atoms with Gasteiger partial charge >= 0.3 is 0 Å². The van der Waals surface area contributed by atoms with Gasteiger partial charge in [-0.25, -0.2) is 0 Å². The summed E-state index contributed by atoms with van der Waals surface area (Å²) in [5.74, 6) is 0.837. The highest BCUT2D eigenvalue weighted by Gasteiger charge is 2.23. The van der Waals surface area contributed by atoms with Crippen LogP contribution in [-0.4, -0.2) is 86.0 Å². The van der Waals surface area contributed by atoms with E-state index in [4.69, 9.17) is 4.74 Å². The summed E-state index contributed by atoms with van der Waals surface area (Å²) in [7, 11) is 1.71. The molecule has 1 N–H and O–H groups in total. The Balaban J connectivity index is 1.82. The van der Waals surface area contributed by atoms with E-state index in [1.807, 2.05) is 19.9 Å². The molecule has 0 spiro atoms. The topological polar surface area (TPSA) is 65.1 Å². The van der Waals surface area contributed by atoms with Gasteiger partial charge in [-0.3, -0.25) is 19.4 Å². The van der Waals surface area contributed by atoms with Crippen LogP contribution in [0.4, 0.5) is 0 Å². The lowest BCUT2D eigenvalue weighted by molar-refractivity contribution is -0.137. The Hall–Kier alpha value is -2.12. The smallest absolute Gasteiger partial charge is 0.239 e. The summed E-state index contributed by atoms with van der Waals surface area (Å²) >= 11 is 0. The zero-order valence-electron chi connectivity index (χ0n) is 17.7. The Morgan fingerprint density at radius 3 is 2.43 bits per heavy atom. The number of amides is 2. The lowest BCUT2D eigenvalue weighted by Gasteiger charge is -2.35. The van der Waals surface area contributed by atoms with E-state index < -0.39 is 0 Å². The second-order valence-electron chi connectivity index (χ2n) is 7.23. The first kappa shape index (κ1) is 22.2. The number of likely N-dealkylation sites (N-methyl/N-ethyl adjacent to an activating group) is 2. The molecule has 156 valence electrons. The summed E-state index contributed by atoms with van der Waals surface area (Å²) in [6.07, 6.45) is 0. The zero-order valence-corrected chi connectivity index (χ0v) is 17.7. The minimum Gasteiger partial charge on any atom is -0.496 e. The van der Waals surface area contributed by atoms with Crippen LogP contribution >= 0.6 is 0 Å². The van der Waals surface area contributed by atoms with Gasteiger partial charge in [0.2, 0.25) is 11.8 Å².